The molecule has 0 amide bonds. The van der Waals surface area contributed by atoms with E-state index in [0.717, 1.165) is 29.0 Å². The first kappa shape index (κ1) is 12.3. The molecule has 1 atom stereocenters. The zero-order chi connectivity index (χ0) is 14.6. The van der Waals surface area contributed by atoms with E-state index in [4.69, 9.17) is 10.5 Å². The molecule has 21 heavy (non-hydrogen) atoms. The van der Waals surface area contributed by atoms with Gasteiger partial charge < -0.3 is 10.5 Å². The maximum Gasteiger partial charge on any atom is 0.202 e. The van der Waals surface area contributed by atoms with Crippen molar-refractivity contribution in [2.24, 2.45) is 7.05 Å². The monoisotopic (exact) mass is 283 g/mol. The minimum absolute atomic E-state index is 0.0808. The molecule has 0 radical (unpaired) electrons. The van der Waals surface area contributed by atoms with Crippen molar-refractivity contribution in [2.75, 3.05) is 5.73 Å². The Balaban J connectivity index is 1.69. The highest BCUT2D eigenvalue weighted by atomic mass is 16.5. The Labute approximate surface area is 122 Å². The van der Waals surface area contributed by atoms with Gasteiger partial charge >= 0.3 is 0 Å². The SMILES string of the molecule is Cc1nn(C)c2c1nc(N)n2CC1Cc2ccccc2O1. The van der Waals surface area contributed by atoms with Crippen LogP contribution < -0.4 is 10.5 Å². The fourth-order valence-electron chi connectivity index (χ4n) is 3.09. The van der Waals surface area contributed by atoms with Crippen LogP contribution in [0.2, 0.25) is 0 Å². The molecule has 0 saturated carbocycles. The number of aromatic nitrogens is 4. The Kier molecular flexibility index (Phi) is 2.48. The molecular weight excluding hydrogens is 266 g/mol. The molecule has 1 aromatic carbocycles. The van der Waals surface area contributed by atoms with Gasteiger partial charge in [0.2, 0.25) is 5.95 Å². The van der Waals surface area contributed by atoms with Crippen LogP contribution in [-0.2, 0) is 20.0 Å². The zero-order valence-electron chi connectivity index (χ0n) is 12.1. The van der Waals surface area contributed by atoms with Crippen LogP contribution in [0.5, 0.6) is 5.75 Å². The molecule has 1 unspecified atom stereocenters. The first-order valence-electron chi connectivity index (χ1n) is 7.03. The number of hydrogen-bond acceptors (Lipinski definition) is 4. The molecule has 0 spiro atoms. The molecule has 3 aromatic rings. The Morgan fingerprint density at radius 2 is 2.19 bits per heavy atom. The molecule has 2 N–H and O–H groups in total. The molecule has 108 valence electrons. The molecule has 0 fully saturated rings. The lowest BCUT2D eigenvalue weighted by Gasteiger charge is -2.13. The molecule has 0 aliphatic carbocycles. The largest absolute Gasteiger partial charge is 0.488 e. The number of para-hydroxylation sites is 1. The van der Waals surface area contributed by atoms with E-state index in [1.54, 1.807) is 0 Å². The fraction of sp³-hybridized carbons (Fsp3) is 0.333. The van der Waals surface area contributed by atoms with E-state index in [2.05, 4.69) is 16.1 Å². The van der Waals surface area contributed by atoms with Gasteiger partial charge in [-0.25, -0.2) is 4.98 Å². The quantitative estimate of drug-likeness (QED) is 0.776. The number of nitrogens with two attached hydrogens (primary N) is 1. The van der Waals surface area contributed by atoms with E-state index in [0.29, 0.717) is 12.5 Å². The van der Waals surface area contributed by atoms with Crippen LogP contribution in [0, 0.1) is 6.92 Å². The summed E-state index contributed by atoms with van der Waals surface area (Å²) in [5, 5.41) is 4.40. The summed E-state index contributed by atoms with van der Waals surface area (Å²) in [6.45, 7) is 2.62. The van der Waals surface area contributed by atoms with Gasteiger partial charge in [0, 0.05) is 13.5 Å². The van der Waals surface area contributed by atoms with Crippen LogP contribution >= 0.6 is 0 Å². The average molecular weight is 283 g/mol. The lowest BCUT2D eigenvalue weighted by Crippen LogP contribution is -2.22. The van der Waals surface area contributed by atoms with E-state index in [9.17, 15) is 0 Å². The van der Waals surface area contributed by atoms with Gasteiger partial charge in [0.05, 0.1) is 12.2 Å². The third-order valence-corrected chi connectivity index (χ3v) is 4.02. The van der Waals surface area contributed by atoms with Crippen LogP contribution in [0.25, 0.3) is 11.2 Å². The molecule has 6 nitrogen and oxygen atoms in total. The van der Waals surface area contributed by atoms with E-state index in [1.165, 1.54) is 5.56 Å². The van der Waals surface area contributed by atoms with Crippen molar-refractivity contribution in [3.8, 4) is 5.75 Å². The number of imidazole rings is 1. The van der Waals surface area contributed by atoms with E-state index >= 15 is 0 Å². The normalized spacial score (nSPS) is 17.1. The third kappa shape index (κ3) is 1.79. The molecule has 0 bridgehead atoms. The molecule has 4 rings (SSSR count). The highest BCUT2D eigenvalue weighted by molar-refractivity contribution is 5.77. The van der Waals surface area contributed by atoms with Crippen molar-refractivity contribution in [3.63, 3.8) is 0 Å². The summed E-state index contributed by atoms with van der Waals surface area (Å²) in [4.78, 5) is 4.43. The zero-order valence-corrected chi connectivity index (χ0v) is 12.1. The van der Waals surface area contributed by atoms with Crippen LogP contribution in [-0.4, -0.2) is 25.4 Å². The number of benzene rings is 1. The Morgan fingerprint density at radius 1 is 1.38 bits per heavy atom. The molecular formula is C15H17N5O. The second kappa shape index (κ2) is 4.25. The van der Waals surface area contributed by atoms with E-state index < -0.39 is 0 Å². The summed E-state index contributed by atoms with van der Waals surface area (Å²) >= 11 is 0. The van der Waals surface area contributed by atoms with Crippen molar-refractivity contribution in [3.05, 3.63) is 35.5 Å². The number of rotatable bonds is 2. The Morgan fingerprint density at radius 3 is 3.00 bits per heavy atom. The van der Waals surface area contributed by atoms with Gasteiger partial charge in [0.1, 0.15) is 17.4 Å². The van der Waals surface area contributed by atoms with Gasteiger partial charge in [-0.2, -0.15) is 5.10 Å². The maximum absolute atomic E-state index is 6.07. The molecule has 6 heteroatoms. The summed E-state index contributed by atoms with van der Waals surface area (Å²) < 4.78 is 9.82. The molecule has 1 aliphatic heterocycles. The number of fused-ring (bicyclic) bond motifs is 2. The molecule has 0 saturated heterocycles. The van der Waals surface area contributed by atoms with Crippen LogP contribution in [0.3, 0.4) is 0 Å². The average Bonchev–Trinajstić information content (AvgIpc) is 3.07. The van der Waals surface area contributed by atoms with Crippen molar-refractivity contribution >= 4 is 17.1 Å². The number of nitrogens with zero attached hydrogens (tertiary/aromatic N) is 4. The highest BCUT2D eigenvalue weighted by Gasteiger charge is 2.25. The minimum atomic E-state index is 0.0808. The molecule has 3 heterocycles. The number of anilines is 1. The lowest BCUT2D eigenvalue weighted by molar-refractivity contribution is 0.211. The Hall–Kier alpha value is -2.50. The molecule has 1 aliphatic rings. The van der Waals surface area contributed by atoms with Crippen LogP contribution in [0.4, 0.5) is 5.95 Å². The summed E-state index contributed by atoms with van der Waals surface area (Å²) in [5.74, 6) is 1.49. The third-order valence-electron chi connectivity index (χ3n) is 4.02. The lowest BCUT2D eigenvalue weighted by atomic mass is 10.1. The first-order valence-corrected chi connectivity index (χ1v) is 7.03. The van der Waals surface area contributed by atoms with Crippen molar-refractivity contribution in [1.29, 1.82) is 0 Å². The predicted molar refractivity (Wildman–Crippen MR) is 80.2 cm³/mol. The van der Waals surface area contributed by atoms with Gasteiger partial charge in [-0.05, 0) is 18.6 Å². The van der Waals surface area contributed by atoms with Crippen molar-refractivity contribution in [1.82, 2.24) is 19.3 Å². The summed E-state index contributed by atoms with van der Waals surface area (Å²) in [7, 11) is 1.91. The molecule has 2 aromatic heterocycles. The van der Waals surface area contributed by atoms with Gasteiger partial charge in [0.25, 0.3) is 0 Å². The maximum atomic E-state index is 6.07. The highest BCUT2D eigenvalue weighted by Crippen LogP contribution is 2.30. The number of nitrogen functional groups attached to an aromatic ring is 1. The van der Waals surface area contributed by atoms with E-state index in [1.807, 2.05) is 41.4 Å². The van der Waals surface area contributed by atoms with Gasteiger partial charge in [-0.1, -0.05) is 18.2 Å². The summed E-state index contributed by atoms with van der Waals surface area (Å²) in [6, 6.07) is 8.15. The second-order valence-electron chi connectivity index (χ2n) is 5.51. The summed E-state index contributed by atoms with van der Waals surface area (Å²) in [5.41, 5.74) is 10.0. The van der Waals surface area contributed by atoms with Crippen LogP contribution in [0.1, 0.15) is 11.3 Å². The van der Waals surface area contributed by atoms with Gasteiger partial charge in [-0.3, -0.25) is 9.25 Å². The van der Waals surface area contributed by atoms with Gasteiger partial charge in [0.15, 0.2) is 5.65 Å². The predicted octanol–water partition coefficient (Wildman–Crippen LogP) is 1.66. The van der Waals surface area contributed by atoms with Gasteiger partial charge in [-0.15, -0.1) is 0 Å². The fourth-order valence-corrected chi connectivity index (χ4v) is 3.09. The Bertz CT molecular complexity index is 807. The minimum Gasteiger partial charge on any atom is -0.488 e. The van der Waals surface area contributed by atoms with Crippen LogP contribution in [0.15, 0.2) is 24.3 Å². The smallest absolute Gasteiger partial charge is 0.202 e. The second-order valence-corrected chi connectivity index (χ2v) is 5.51. The number of hydrogen-bond donors (Lipinski definition) is 1. The van der Waals surface area contributed by atoms with E-state index in [-0.39, 0.29) is 6.10 Å². The standard InChI is InChI=1S/C15H17N5O/c1-9-13-14(19(2)18-9)20(15(16)17-13)8-11-7-10-5-3-4-6-12(10)21-11/h3-6,11H,7-8H2,1-2H3,(H2,16,17). The topological polar surface area (TPSA) is 70.9 Å². The van der Waals surface area contributed by atoms with Crippen molar-refractivity contribution < 1.29 is 4.74 Å². The number of ether oxygens (including phenoxy) is 1. The first-order chi connectivity index (χ1) is 10.1. The number of aryl methyl sites for hydroxylation is 2. The van der Waals surface area contributed by atoms with Crippen molar-refractivity contribution in [2.45, 2.75) is 26.0 Å². The summed E-state index contributed by atoms with van der Waals surface area (Å²) in [6.07, 6.45) is 0.976.